The van der Waals surface area contributed by atoms with Crippen LogP contribution in [0.1, 0.15) is 26.3 Å². The van der Waals surface area contributed by atoms with Gasteiger partial charge in [-0.25, -0.2) is 0 Å². The molecule has 0 heterocycles. The van der Waals surface area contributed by atoms with Gasteiger partial charge < -0.3 is 4.74 Å². The van der Waals surface area contributed by atoms with Crippen LogP contribution in [0.25, 0.3) is 6.08 Å². The van der Waals surface area contributed by atoms with Crippen molar-refractivity contribution in [2.75, 3.05) is 6.61 Å². The van der Waals surface area contributed by atoms with E-state index in [2.05, 4.69) is 23.1 Å². The summed E-state index contributed by atoms with van der Waals surface area (Å²) in [4.78, 5) is 10.9. The predicted octanol–water partition coefficient (Wildman–Crippen LogP) is 2.82. The number of hydrogen-bond donors (Lipinski definition) is 0. The third-order valence-electron chi connectivity index (χ3n) is 2.12. The van der Waals surface area contributed by atoms with E-state index in [9.17, 15) is 4.79 Å². The molecule has 0 saturated heterocycles. The van der Waals surface area contributed by atoms with Gasteiger partial charge in [-0.3, -0.25) is 4.79 Å². The normalized spacial score (nSPS) is 11.1. The van der Waals surface area contributed by atoms with Crippen LogP contribution in [-0.4, -0.2) is 12.4 Å². The van der Waals surface area contributed by atoms with Crippen LogP contribution >= 0.6 is 9.24 Å². The molecule has 0 aliphatic carbocycles. The molecule has 1 unspecified atom stereocenters. The third kappa shape index (κ3) is 5.14. The highest BCUT2D eigenvalue weighted by molar-refractivity contribution is 7.27. The standard InChI is InChI=1S/C14H19O2P/c1-10(2)9-16-13-8-12(5-4-11(3)15)6-7-14(13)17/h4-8,10H,9,17H2,1-3H3/b5-4+. The lowest BCUT2D eigenvalue weighted by Gasteiger charge is -2.11. The second-order valence-corrected chi connectivity index (χ2v) is 5.07. The Morgan fingerprint density at radius 1 is 1.47 bits per heavy atom. The van der Waals surface area contributed by atoms with E-state index in [4.69, 9.17) is 4.74 Å². The molecule has 0 radical (unpaired) electrons. The Hall–Kier alpha value is -1.14. The van der Waals surface area contributed by atoms with Gasteiger partial charge in [-0.1, -0.05) is 32.1 Å². The van der Waals surface area contributed by atoms with E-state index in [0.717, 1.165) is 16.6 Å². The molecule has 2 nitrogen and oxygen atoms in total. The molecule has 1 atom stereocenters. The van der Waals surface area contributed by atoms with Gasteiger partial charge in [-0.15, -0.1) is 9.24 Å². The van der Waals surface area contributed by atoms with Gasteiger partial charge in [0.05, 0.1) is 6.61 Å². The molecule has 1 aromatic rings. The maximum Gasteiger partial charge on any atom is 0.152 e. The number of ketones is 1. The summed E-state index contributed by atoms with van der Waals surface area (Å²) in [6.45, 7) is 6.46. The SMILES string of the molecule is CC(=O)/C=C/c1ccc(P)c(OCC(C)C)c1. The van der Waals surface area contributed by atoms with Crippen molar-refractivity contribution in [2.45, 2.75) is 20.8 Å². The van der Waals surface area contributed by atoms with E-state index < -0.39 is 0 Å². The number of ether oxygens (including phenoxy) is 1. The van der Waals surface area contributed by atoms with Crippen molar-refractivity contribution in [1.82, 2.24) is 0 Å². The largest absolute Gasteiger partial charge is 0.493 e. The number of carbonyl (C=O) groups is 1. The summed E-state index contributed by atoms with van der Waals surface area (Å²) in [7, 11) is 2.65. The zero-order valence-corrected chi connectivity index (χ0v) is 11.7. The minimum absolute atomic E-state index is 0.0459. The zero-order valence-electron chi connectivity index (χ0n) is 10.6. The first kappa shape index (κ1) is 13.9. The molecule has 92 valence electrons. The average molecular weight is 250 g/mol. The Bertz CT molecular complexity index is 422. The molecular formula is C14H19O2P. The molecule has 0 saturated carbocycles. The highest BCUT2D eigenvalue weighted by Crippen LogP contribution is 2.16. The first-order chi connectivity index (χ1) is 7.99. The van der Waals surface area contributed by atoms with Gasteiger partial charge in [0.15, 0.2) is 5.78 Å². The van der Waals surface area contributed by atoms with Crippen molar-refractivity contribution in [3.05, 3.63) is 29.8 Å². The molecule has 3 heteroatoms. The van der Waals surface area contributed by atoms with Crippen molar-refractivity contribution in [3.63, 3.8) is 0 Å². The number of hydrogen-bond acceptors (Lipinski definition) is 2. The lowest BCUT2D eigenvalue weighted by atomic mass is 10.2. The molecule has 0 bridgehead atoms. The van der Waals surface area contributed by atoms with E-state index >= 15 is 0 Å². The Morgan fingerprint density at radius 3 is 2.76 bits per heavy atom. The Kier molecular flexibility index (Phi) is 5.37. The van der Waals surface area contributed by atoms with Crippen LogP contribution in [0.5, 0.6) is 5.75 Å². The van der Waals surface area contributed by atoms with Crippen LogP contribution in [0, 0.1) is 5.92 Å². The fraction of sp³-hybridized carbons (Fsp3) is 0.357. The summed E-state index contributed by atoms with van der Waals surface area (Å²) in [5.41, 5.74) is 0.977. The van der Waals surface area contributed by atoms with Crippen molar-refractivity contribution in [1.29, 1.82) is 0 Å². The second kappa shape index (κ2) is 6.56. The topological polar surface area (TPSA) is 26.3 Å². The quantitative estimate of drug-likeness (QED) is 0.593. The van der Waals surface area contributed by atoms with E-state index in [1.54, 1.807) is 12.2 Å². The number of rotatable bonds is 5. The van der Waals surface area contributed by atoms with Gasteiger partial charge in [-0.05, 0) is 30.5 Å². The summed E-state index contributed by atoms with van der Waals surface area (Å²) < 4.78 is 5.71. The first-order valence-electron chi connectivity index (χ1n) is 5.70. The summed E-state index contributed by atoms with van der Waals surface area (Å²) >= 11 is 0. The van der Waals surface area contributed by atoms with Crippen LogP contribution in [0.2, 0.25) is 0 Å². The first-order valence-corrected chi connectivity index (χ1v) is 6.27. The fourth-order valence-electron chi connectivity index (χ4n) is 1.25. The van der Waals surface area contributed by atoms with Crippen LogP contribution in [0.3, 0.4) is 0 Å². The lowest BCUT2D eigenvalue weighted by Crippen LogP contribution is -2.09. The fourth-order valence-corrected chi connectivity index (χ4v) is 1.51. The molecule has 0 N–H and O–H groups in total. The van der Waals surface area contributed by atoms with Gasteiger partial charge in [-0.2, -0.15) is 0 Å². The summed E-state index contributed by atoms with van der Waals surface area (Å²) in [6, 6.07) is 5.88. The van der Waals surface area contributed by atoms with E-state index in [1.165, 1.54) is 6.92 Å². The maximum absolute atomic E-state index is 10.9. The number of carbonyl (C=O) groups excluding carboxylic acids is 1. The lowest BCUT2D eigenvalue weighted by molar-refractivity contribution is -0.112. The van der Waals surface area contributed by atoms with Crippen molar-refractivity contribution in [2.24, 2.45) is 5.92 Å². The monoisotopic (exact) mass is 250 g/mol. The van der Waals surface area contributed by atoms with Crippen molar-refractivity contribution in [3.8, 4) is 5.75 Å². The predicted molar refractivity (Wildman–Crippen MR) is 75.8 cm³/mol. The minimum atomic E-state index is 0.0459. The summed E-state index contributed by atoms with van der Waals surface area (Å²) in [5, 5.41) is 1.03. The van der Waals surface area contributed by atoms with Crippen LogP contribution in [-0.2, 0) is 4.79 Å². The zero-order chi connectivity index (χ0) is 12.8. The molecule has 0 aromatic heterocycles. The third-order valence-corrected chi connectivity index (χ3v) is 2.60. The number of allylic oxidation sites excluding steroid dienone is 1. The summed E-state index contributed by atoms with van der Waals surface area (Å²) in [6.07, 6.45) is 3.36. The molecule has 0 fully saturated rings. The molecule has 1 aromatic carbocycles. The number of benzene rings is 1. The molecular weight excluding hydrogens is 231 g/mol. The minimum Gasteiger partial charge on any atom is -0.493 e. The van der Waals surface area contributed by atoms with Gasteiger partial charge >= 0.3 is 0 Å². The molecule has 1 rings (SSSR count). The van der Waals surface area contributed by atoms with Gasteiger partial charge in [0.25, 0.3) is 0 Å². The van der Waals surface area contributed by atoms with Gasteiger partial charge in [0.1, 0.15) is 5.75 Å². The summed E-state index contributed by atoms with van der Waals surface area (Å²) in [5.74, 6) is 1.40. The van der Waals surface area contributed by atoms with Crippen molar-refractivity contribution >= 4 is 26.4 Å². The van der Waals surface area contributed by atoms with E-state index in [1.807, 2.05) is 18.2 Å². The van der Waals surface area contributed by atoms with Crippen LogP contribution in [0.15, 0.2) is 24.3 Å². The molecule has 17 heavy (non-hydrogen) atoms. The Balaban J connectivity index is 2.82. The smallest absolute Gasteiger partial charge is 0.152 e. The van der Waals surface area contributed by atoms with Crippen LogP contribution in [0.4, 0.5) is 0 Å². The molecule has 0 amide bonds. The van der Waals surface area contributed by atoms with E-state index in [-0.39, 0.29) is 5.78 Å². The Labute approximate surface area is 105 Å². The average Bonchev–Trinajstić information content (AvgIpc) is 2.26. The highest BCUT2D eigenvalue weighted by atomic mass is 31.0. The highest BCUT2D eigenvalue weighted by Gasteiger charge is 2.02. The van der Waals surface area contributed by atoms with E-state index in [0.29, 0.717) is 12.5 Å². The van der Waals surface area contributed by atoms with Crippen molar-refractivity contribution < 1.29 is 9.53 Å². The molecule has 0 aliphatic heterocycles. The second-order valence-electron chi connectivity index (χ2n) is 4.45. The molecule has 0 spiro atoms. The van der Waals surface area contributed by atoms with Crippen LogP contribution < -0.4 is 10.0 Å². The Morgan fingerprint density at radius 2 is 2.18 bits per heavy atom. The molecule has 0 aliphatic rings. The van der Waals surface area contributed by atoms with Gasteiger partial charge in [0.2, 0.25) is 0 Å². The van der Waals surface area contributed by atoms with Gasteiger partial charge in [0, 0.05) is 5.30 Å². The maximum atomic E-state index is 10.9.